The van der Waals surface area contributed by atoms with Crippen LogP contribution in [0.1, 0.15) is 42.3 Å². The van der Waals surface area contributed by atoms with Gasteiger partial charge < -0.3 is 10.6 Å². The van der Waals surface area contributed by atoms with Gasteiger partial charge in [-0.2, -0.15) is 0 Å². The Labute approximate surface area is 188 Å². The summed E-state index contributed by atoms with van der Waals surface area (Å²) in [5, 5.41) is 5.99. The third kappa shape index (κ3) is 6.72. The molecule has 0 aliphatic rings. The van der Waals surface area contributed by atoms with Crippen LogP contribution in [-0.4, -0.2) is 11.8 Å². The highest BCUT2D eigenvalue weighted by molar-refractivity contribution is 7.98. The summed E-state index contributed by atoms with van der Waals surface area (Å²) in [5.74, 6) is 0.591. The minimum absolute atomic E-state index is 0.0161. The topological polar surface area (TPSA) is 58.2 Å². The first-order valence-electron chi connectivity index (χ1n) is 10.3. The van der Waals surface area contributed by atoms with E-state index in [-0.39, 0.29) is 11.8 Å². The second-order valence-electron chi connectivity index (χ2n) is 8.36. The third-order valence-corrected chi connectivity index (χ3v) is 5.84. The molecule has 0 heterocycles. The fraction of sp³-hybridized carbons (Fsp3) is 0.231. The molecule has 3 rings (SSSR count). The molecule has 160 valence electrons. The molecule has 0 radical (unpaired) electrons. The predicted molar refractivity (Wildman–Crippen MR) is 128 cm³/mol. The number of para-hydroxylation sites is 1. The fourth-order valence-corrected chi connectivity index (χ4v) is 3.80. The van der Waals surface area contributed by atoms with Crippen LogP contribution in [0.5, 0.6) is 0 Å². The third-order valence-electron chi connectivity index (χ3n) is 4.70. The number of carbonyl (C=O) groups excluding carboxylic acids is 2. The lowest BCUT2D eigenvalue weighted by atomic mass is 9.95. The van der Waals surface area contributed by atoms with E-state index in [1.807, 2.05) is 99.6 Å². The van der Waals surface area contributed by atoms with E-state index >= 15 is 0 Å². The highest BCUT2D eigenvalue weighted by Gasteiger charge is 2.22. The van der Waals surface area contributed by atoms with Crippen LogP contribution in [0.2, 0.25) is 0 Å². The van der Waals surface area contributed by atoms with Crippen molar-refractivity contribution in [2.24, 2.45) is 5.41 Å². The summed E-state index contributed by atoms with van der Waals surface area (Å²) in [6.07, 6.45) is 0. The van der Waals surface area contributed by atoms with Crippen molar-refractivity contribution in [3.05, 3.63) is 95.6 Å². The zero-order valence-corrected chi connectivity index (χ0v) is 19.0. The van der Waals surface area contributed by atoms with E-state index in [1.54, 1.807) is 11.8 Å². The van der Waals surface area contributed by atoms with E-state index in [1.165, 1.54) is 0 Å². The molecule has 0 fully saturated rings. The zero-order chi connectivity index (χ0) is 22.3. The van der Waals surface area contributed by atoms with E-state index < -0.39 is 5.41 Å². The van der Waals surface area contributed by atoms with E-state index in [2.05, 4.69) is 10.6 Å². The first-order valence-corrected chi connectivity index (χ1v) is 11.3. The molecular weight excluding hydrogens is 404 g/mol. The van der Waals surface area contributed by atoms with Gasteiger partial charge in [-0.05, 0) is 35.4 Å². The summed E-state index contributed by atoms with van der Waals surface area (Å²) in [6.45, 7) is 6.19. The van der Waals surface area contributed by atoms with Crippen molar-refractivity contribution in [1.82, 2.24) is 5.32 Å². The number of nitrogens with one attached hydrogen (secondary N) is 2. The van der Waals surface area contributed by atoms with Gasteiger partial charge in [-0.25, -0.2) is 0 Å². The second kappa shape index (κ2) is 10.3. The number of amides is 2. The molecule has 2 amide bonds. The molecule has 31 heavy (non-hydrogen) atoms. The van der Waals surface area contributed by atoms with Crippen LogP contribution in [0.15, 0.2) is 83.8 Å². The van der Waals surface area contributed by atoms with Crippen molar-refractivity contribution >= 4 is 29.3 Å². The molecule has 0 unspecified atom stereocenters. The van der Waals surface area contributed by atoms with Crippen LogP contribution < -0.4 is 10.6 Å². The summed E-state index contributed by atoms with van der Waals surface area (Å²) < 4.78 is 0. The van der Waals surface area contributed by atoms with E-state index in [9.17, 15) is 9.59 Å². The van der Waals surface area contributed by atoms with Gasteiger partial charge in [0, 0.05) is 28.2 Å². The average Bonchev–Trinajstić information content (AvgIpc) is 2.77. The van der Waals surface area contributed by atoms with Crippen LogP contribution >= 0.6 is 11.8 Å². The van der Waals surface area contributed by atoms with Crippen LogP contribution in [0.3, 0.4) is 0 Å². The van der Waals surface area contributed by atoms with Crippen molar-refractivity contribution in [3.8, 4) is 0 Å². The molecule has 0 bridgehead atoms. The van der Waals surface area contributed by atoms with Gasteiger partial charge in [0.15, 0.2) is 0 Å². The lowest BCUT2D eigenvalue weighted by Crippen LogP contribution is -2.27. The lowest BCUT2D eigenvalue weighted by Gasteiger charge is -2.19. The molecule has 3 aromatic carbocycles. The Balaban J connectivity index is 1.63. The maximum Gasteiger partial charge on any atom is 0.251 e. The molecule has 0 spiro atoms. The lowest BCUT2D eigenvalue weighted by molar-refractivity contribution is -0.123. The summed E-state index contributed by atoms with van der Waals surface area (Å²) >= 11 is 1.64. The van der Waals surface area contributed by atoms with Crippen molar-refractivity contribution in [2.45, 2.75) is 38.0 Å². The van der Waals surface area contributed by atoms with Gasteiger partial charge in [-0.3, -0.25) is 9.59 Å². The number of hydrogen-bond donors (Lipinski definition) is 2. The minimum Gasteiger partial charge on any atom is -0.348 e. The fourth-order valence-electron chi connectivity index (χ4n) is 2.85. The first-order chi connectivity index (χ1) is 14.8. The summed E-state index contributed by atoms with van der Waals surface area (Å²) in [7, 11) is 0. The number of benzene rings is 3. The van der Waals surface area contributed by atoms with E-state index in [0.717, 1.165) is 21.7 Å². The summed E-state index contributed by atoms with van der Waals surface area (Å²) in [5.41, 5.74) is 3.11. The molecule has 0 saturated carbocycles. The van der Waals surface area contributed by atoms with Crippen LogP contribution in [0.25, 0.3) is 0 Å². The Hall–Kier alpha value is -3.05. The Morgan fingerprint density at radius 1 is 0.839 bits per heavy atom. The maximum absolute atomic E-state index is 12.5. The van der Waals surface area contributed by atoms with Gasteiger partial charge in [0.2, 0.25) is 5.91 Å². The minimum atomic E-state index is -0.459. The second-order valence-corrected chi connectivity index (χ2v) is 9.37. The zero-order valence-electron chi connectivity index (χ0n) is 18.1. The monoisotopic (exact) mass is 432 g/mol. The Morgan fingerprint density at radius 2 is 1.52 bits per heavy atom. The average molecular weight is 433 g/mol. The molecule has 5 heteroatoms. The predicted octanol–water partition coefficient (Wildman–Crippen LogP) is 5.89. The summed E-state index contributed by atoms with van der Waals surface area (Å²) in [6, 6.07) is 25.3. The normalized spacial score (nSPS) is 11.1. The van der Waals surface area contributed by atoms with Gasteiger partial charge in [-0.1, -0.05) is 75.4 Å². The number of hydrogen-bond acceptors (Lipinski definition) is 3. The van der Waals surface area contributed by atoms with E-state index in [4.69, 9.17) is 0 Å². The van der Waals surface area contributed by atoms with Gasteiger partial charge in [0.1, 0.15) is 0 Å². The van der Waals surface area contributed by atoms with Crippen molar-refractivity contribution in [2.75, 3.05) is 5.32 Å². The smallest absolute Gasteiger partial charge is 0.251 e. The van der Waals surface area contributed by atoms with Crippen LogP contribution in [0.4, 0.5) is 5.69 Å². The van der Waals surface area contributed by atoms with Crippen LogP contribution in [0, 0.1) is 5.41 Å². The summed E-state index contributed by atoms with van der Waals surface area (Å²) in [4.78, 5) is 25.9. The maximum atomic E-state index is 12.5. The number of carbonyl (C=O) groups is 2. The molecule has 0 aromatic heterocycles. The quantitative estimate of drug-likeness (QED) is 0.458. The van der Waals surface area contributed by atoms with Crippen molar-refractivity contribution < 1.29 is 9.59 Å². The highest BCUT2D eigenvalue weighted by Crippen LogP contribution is 2.31. The van der Waals surface area contributed by atoms with Gasteiger partial charge in [0.25, 0.3) is 5.91 Å². The Kier molecular flexibility index (Phi) is 7.53. The van der Waals surface area contributed by atoms with Gasteiger partial charge in [0.05, 0.1) is 5.69 Å². The van der Waals surface area contributed by atoms with Crippen molar-refractivity contribution in [1.29, 1.82) is 0 Å². The molecule has 4 nitrogen and oxygen atoms in total. The van der Waals surface area contributed by atoms with E-state index in [0.29, 0.717) is 17.9 Å². The van der Waals surface area contributed by atoms with Gasteiger partial charge in [-0.15, -0.1) is 11.8 Å². The number of rotatable bonds is 7. The molecular formula is C26H28N2O2S. The standard InChI is InChI=1S/C26H28N2O2S/c1-26(2,3)25(30)28-22-14-7-8-15-23(22)31-18-20-12-9-13-21(16-20)24(29)27-17-19-10-5-4-6-11-19/h4-16H,17-18H2,1-3H3,(H,27,29)(H,28,30). The number of thioether (sulfide) groups is 1. The first kappa shape index (κ1) is 22.6. The number of anilines is 1. The van der Waals surface area contributed by atoms with Crippen LogP contribution in [-0.2, 0) is 17.1 Å². The highest BCUT2D eigenvalue weighted by atomic mass is 32.2. The SMILES string of the molecule is CC(C)(C)C(=O)Nc1ccccc1SCc1cccc(C(=O)NCc2ccccc2)c1. The molecule has 0 atom stereocenters. The molecule has 0 aliphatic heterocycles. The van der Waals surface area contributed by atoms with Gasteiger partial charge >= 0.3 is 0 Å². The molecule has 3 aromatic rings. The molecule has 2 N–H and O–H groups in total. The molecule has 0 saturated heterocycles. The largest absolute Gasteiger partial charge is 0.348 e. The Morgan fingerprint density at radius 3 is 2.26 bits per heavy atom. The Bertz CT molecular complexity index is 1040. The van der Waals surface area contributed by atoms with Crippen molar-refractivity contribution in [3.63, 3.8) is 0 Å². The molecule has 0 aliphatic carbocycles.